The van der Waals surface area contributed by atoms with E-state index in [0.717, 1.165) is 12.6 Å². The molecule has 0 saturated heterocycles. The standard InChI is InChI=1S/C16H26N2/c1-12(2)17-11-14-10-13(3)8-9-16(14)18(4)15-6-5-7-15/h8-10,12,15,17H,5-7,11H2,1-4H3. The van der Waals surface area contributed by atoms with Crippen molar-refractivity contribution in [3.05, 3.63) is 29.3 Å². The molecule has 1 aliphatic carbocycles. The van der Waals surface area contributed by atoms with E-state index in [1.54, 1.807) is 0 Å². The molecule has 0 bridgehead atoms. The third-order valence-electron chi connectivity index (χ3n) is 3.94. The molecular formula is C16H26N2. The summed E-state index contributed by atoms with van der Waals surface area (Å²) < 4.78 is 0. The molecule has 0 unspecified atom stereocenters. The summed E-state index contributed by atoms with van der Waals surface area (Å²) in [5.41, 5.74) is 4.18. The molecule has 1 N–H and O–H groups in total. The van der Waals surface area contributed by atoms with Crippen molar-refractivity contribution in [3.8, 4) is 0 Å². The summed E-state index contributed by atoms with van der Waals surface area (Å²) >= 11 is 0. The van der Waals surface area contributed by atoms with Gasteiger partial charge in [0.05, 0.1) is 0 Å². The smallest absolute Gasteiger partial charge is 0.0411 e. The van der Waals surface area contributed by atoms with E-state index in [1.165, 1.54) is 36.1 Å². The SMILES string of the molecule is Cc1ccc(N(C)C2CCC2)c(CNC(C)C)c1. The highest BCUT2D eigenvalue weighted by molar-refractivity contribution is 5.55. The highest BCUT2D eigenvalue weighted by Gasteiger charge is 2.23. The van der Waals surface area contributed by atoms with Gasteiger partial charge in [0.15, 0.2) is 0 Å². The number of anilines is 1. The van der Waals surface area contributed by atoms with Gasteiger partial charge in [-0.25, -0.2) is 0 Å². The summed E-state index contributed by atoms with van der Waals surface area (Å²) in [6.45, 7) is 7.54. The third-order valence-corrected chi connectivity index (χ3v) is 3.94. The zero-order chi connectivity index (χ0) is 13.1. The van der Waals surface area contributed by atoms with E-state index in [2.05, 4.69) is 56.2 Å². The van der Waals surface area contributed by atoms with E-state index in [0.29, 0.717) is 6.04 Å². The van der Waals surface area contributed by atoms with E-state index in [1.807, 2.05) is 0 Å². The van der Waals surface area contributed by atoms with Gasteiger partial charge in [0, 0.05) is 31.4 Å². The molecule has 0 aliphatic heterocycles. The lowest BCUT2D eigenvalue weighted by atomic mass is 9.91. The Balaban J connectivity index is 2.16. The first kappa shape index (κ1) is 13.4. The lowest BCUT2D eigenvalue weighted by Gasteiger charge is -2.37. The van der Waals surface area contributed by atoms with Crippen LogP contribution < -0.4 is 10.2 Å². The van der Waals surface area contributed by atoms with Crippen LogP contribution in [-0.4, -0.2) is 19.1 Å². The molecular weight excluding hydrogens is 220 g/mol. The molecule has 2 rings (SSSR count). The zero-order valence-corrected chi connectivity index (χ0v) is 12.2. The molecule has 1 aliphatic rings. The zero-order valence-electron chi connectivity index (χ0n) is 12.2. The normalized spacial score (nSPS) is 15.8. The Hall–Kier alpha value is -1.02. The van der Waals surface area contributed by atoms with Gasteiger partial charge >= 0.3 is 0 Å². The fourth-order valence-corrected chi connectivity index (χ4v) is 2.48. The van der Waals surface area contributed by atoms with Crippen molar-refractivity contribution in [1.29, 1.82) is 0 Å². The minimum Gasteiger partial charge on any atom is -0.371 e. The number of benzene rings is 1. The van der Waals surface area contributed by atoms with Gasteiger partial charge in [0.2, 0.25) is 0 Å². The lowest BCUT2D eigenvalue weighted by Crippen LogP contribution is -2.38. The second-order valence-corrected chi connectivity index (χ2v) is 5.86. The van der Waals surface area contributed by atoms with Crippen LogP contribution in [0.25, 0.3) is 0 Å². The number of hydrogen-bond acceptors (Lipinski definition) is 2. The van der Waals surface area contributed by atoms with Crippen molar-refractivity contribution >= 4 is 5.69 Å². The van der Waals surface area contributed by atoms with Crippen LogP contribution in [0.15, 0.2) is 18.2 Å². The van der Waals surface area contributed by atoms with Crippen molar-refractivity contribution < 1.29 is 0 Å². The summed E-state index contributed by atoms with van der Waals surface area (Å²) in [5.74, 6) is 0. The maximum absolute atomic E-state index is 3.53. The van der Waals surface area contributed by atoms with Gasteiger partial charge < -0.3 is 10.2 Å². The number of hydrogen-bond donors (Lipinski definition) is 1. The predicted octanol–water partition coefficient (Wildman–Crippen LogP) is 3.48. The Labute approximate surface area is 111 Å². The quantitative estimate of drug-likeness (QED) is 0.855. The highest BCUT2D eigenvalue weighted by Crippen LogP contribution is 2.30. The fraction of sp³-hybridized carbons (Fsp3) is 0.625. The Kier molecular flexibility index (Phi) is 4.28. The van der Waals surface area contributed by atoms with Crippen LogP contribution in [0.3, 0.4) is 0 Å². The number of aryl methyl sites for hydroxylation is 1. The van der Waals surface area contributed by atoms with Gasteiger partial charge in [-0.2, -0.15) is 0 Å². The van der Waals surface area contributed by atoms with Gasteiger partial charge in [0.25, 0.3) is 0 Å². The molecule has 2 nitrogen and oxygen atoms in total. The first-order chi connectivity index (χ1) is 8.58. The molecule has 0 spiro atoms. The van der Waals surface area contributed by atoms with Gasteiger partial charge in [-0.1, -0.05) is 31.5 Å². The van der Waals surface area contributed by atoms with Crippen molar-refractivity contribution in [2.75, 3.05) is 11.9 Å². The molecule has 2 heteroatoms. The molecule has 1 fully saturated rings. The van der Waals surface area contributed by atoms with Crippen molar-refractivity contribution in [2.45, 2.75) is 58.7 Å². The molecule has 0 amide bonds. The second kappa shape index (κ2) is 5.75. The van der Waals surface area contributed by atoms with Crippen LogP contribution in [0.1, 0.15) is 44.2 Å². The van der Waals surface area contributed by atoms with Crippen LogP contribution in [0.2, 0.25) is 0 Å². The molecule has 100 valence electrons. The monoisotopic (exact) mass is 246 g/mol. The summed E-state index contributed by atoms with van der Waals surface area (Å²) in [4.78, 5) is 2.47. The Bertz CT molecular complexity index is 394. The summed E-state index contributed by atoms with van der Waals surface area (Å²) in [5, 5.41) is 3.53. The molecule has 0 aromatic heterocycles. The topological polar surface area (TPSA) is 15.3 Å². The van der Waals surface area contributed by atoms with Crippen LogP contribution in [0.4, 0.5) is 5.69 Å². The average molecular weight is 246 g/mol. The Morgan fingerprint density at radius 1 is 1.33 bits per heavy atom. The third kappa shape index (κ3) is 3.05. The fourth-order valence-electron chi connectivity index (χ4n) is 2.48. The van der Waals surface area contributed by atoms with Gasteiger partial charge in [-0.3, -0.25) is 0 Å². The molecule has 1 aromatic rings. The van der Waals surface area contributed by atoms with Crippen molar-refractivity contribution in [2.24, 2.45) is 0 Å². The van der Waals surface area contributed by atoms with Crippen molar-refractivity contribution in [1.82, 2.24) is 5.32 Å². The summed E-state index contributed by atoms with van der Waals surface area (Å²) in [6, 6.07) is 8.12. The van der Waals surface area contributed by atoms with Gasteiger partial charge in [0.1, 0.15) is 0 Å². The predicted molar refractivity (Wildman–Crippen MR) is 79.2 cm³/mol. The molecule has 0 atom stereocenters. The van der Waals surface area contributed by atoms with E-state index >= 15 is 0 Å². The Morgan fingerprint density at radius 3 is 2.61 bits per heavy atom. The molecule has 0 radical (unpaired) electrons. The van der Waals surface area contributed by atoms with Gasteiger partial charge in [-0.15, -0.1) is 0 Å². The maximum Gasteiger partial charge on any atom is 0.0411 e. The minimum atomic E-state index is 0.535. The molecule has 1 saturated carbocycles. The molecule has 0 heterocycles. The minimum absolute atomic E-state index is 0.535. The average Bonchev–Trinajstić information content (AvgIpc) is 2.23. The lowest BCUT2D eigenvalue weighted by molar-refractivity contribution is 0.400. The maximum atomic E-state index is 3.53. The highest BCUT2D eigenvalue weighted by atomic mass is 15.1. The van der Waals surface area contributed by atoms with Crippen molar-refractivity contribution in [3.63, 3.8) is 0 Å². The largest absolute Gasteiger partial charge is 0.371 e. The van der Waals surface area contributed by atoms with E-state index in [4.69, 9.17) is 0 Å². The van der Waals surface area contributed by atoms with Crippen LogP contribution in [0, 0.1) is 6.92 Å². The van der Waals surface area contributed by atoms with Crippen LogP contribution >= 0.6 is 0 Å². The number of rotatable bonds is 5. The van der Waals surface area contributed by atoms with Crippen LogP contribution in [0.5, 0.6) is 0 Å². The first-order valence-electron chi connectivity index (χ1n) is 7.13. The number of nitrogens with one attached hydrogen (secondary N) is 1. The number of nitrogens with zero attached hydrogens (tertiary/aromatic N) is 1. The molecule has 18 heavy (non-hydrogen) atoms. The second-order valence-electron chi connectivity index (χ2n) is 5.86. The van der Waals surface area contributed by atoms with E-state index < -0.39 is 0 Å². The van der Waals surface area contributed by atoms with Crippen LogP contribution in [-0.2, 0) is 6.54 Å². The summed E-state index contributed by atoms with van der Waals surface area (Å²) in [7, 11) is 2.24. The molecule has 1 aromatic carbocycles. The summed E-state index contributed by atoms with van der Waals surface area (Å²) in [6.07, 6.45) is 4.09. The van der Waals surface area contributed by atoms with Gasteiger partial charge in [-0.05, 0) is 37.8 Å². The first-order valence-corrected chi connectivity index (χ1v) is 7.13. The van der Waals surface area contributed by atoms with E-state index in [9.17, 15) is 0 Å². The Morgan fingerprint density at radius 2 is 2.06 bits per heavy atom. The van der Waals surface area contributed by atoms with E-state index in [-0.39, 0.29) is 0 Å².